The van der Waals surface area contributed by atoms with Crippen molar-refractivity contribution in [2.45, 2.75) is 44.3 Å². The average Bonchev–Trinajstić information content (AvgIpc) is 3.75. The molecule has 1 aromatic heterocycles. The van der Waals surface area contributed by atoms with Crippen LogP contribution in [0.25, 0.3) is 23.1 Å². The number of hydrogen-bond donors (Lipinski definition) is 0. The van der Waals surface area contributed by atoms with Gasteiger partial charge in [0.05, 0.1) is 24.7 Å². The molecule has 1 atom stereocenters. The van der Waals surface area contributed by atoms with E-state index in [2.05, 4.69) is 42.5 Å². The number of thioether (sulfide) groups is 1. The molecule has 41 heavy (non-hydrogen) atoms. The molecule has 3 aromatic carbocycles. The number of aromatic nitrogens is 1. The monoisotopic (exact) mass is 583 g/mol. The molecule has 0 bridgehead atoms. The largest absolute Gasteiger partial charge is 0.469 e. The Morgan fingerprint density at radius 2 is 1.83 bits per heavy atom. The van der Waals surface area contributed by atoms with Crippen molar-refractivity contribution >= 4 is 58.2 Å². The number of methoxy groups -OCH3 is 1. The first-order valence-corrected chi connectivity index (χ1v) is 15.4. The van der Waals surface area contributed by atoms with E-state index < -0.39 is 0 Å². The highest BCUT2D eigenvalue weighted by Gasteiger charge is 2.45. The number of benzene rings is 3. The van der Waals surface area contributed by atoms with Crippen molar-refractivity contribution in [3.8, 4) is 0 Å². The van der Waals surface area contributed by atoms with Gasteiger partial charge in [0.1, 0.15) is 0 Å². The molecule has 4 aromatic rings. The normalized spacial score (nSPS) is 14.7. The van der Waals surface area contributed by atoms with Gasteiger partial charge in [-0.25, -0.2) is 4.98 Å². The number of rotatable bonds is 12. The summed E-state index contributed by atoms with van der Waals surface area (Å²) >= 11 is 8.08. The van der Waals surface area contributed by atoms with Gasteiger partial charge in [-0.05, 0) is 79.0 Å². The van der Waals surface area contributed by atoms with Crippen molar-refractivity contribution in [2.75, 3.05) is 12.9 Å². The molecule has 0 spiro atoms. The molecule has 6 heteroatoms. The summed E-state index contributed by atoms with van der Waals surface area (Å²) in [5.74, 6) is 0.869. The van der Waals surface area contributed by atoms with Gasteiger partial charge in [0.2, 0.25) is 0 Å². The molecular weight excluding hydrogens is 550 g/mol. The maximum absolute atomic E-state index is 12.2. The van der Waals surface area contributed by atoms with Crippen LogP contribution >= 0.6 is 23.4 Å². The summed E-state index contributed by atoms with van der Waals surface area (Å²) in [5.41, 5.74) is 5.99. The molecule has 1 heterocycles. The highest BCUT2D eigenvalue weighted by atomic mass is 35.5. The fourth-order valence-electron chi connectivity index (χ4n) is 5.16. The van der Waals surface area contributed by atoms with Gasteiger partial charge in [0, 0.05) is 27.0 Å². The third-order valence-corrected chi connectivity index (χ3v) is 9.70. The third-order valence-electron chi connectivity index (χ3n) is 7.77. The van der Waals surface area contributed by atoms with E-state index in [0.717, 1.165) is 64.7 Å². The summed E-state index contributed by atoms with van der Waals surface area (Å²) < 4.78 is 4.97. The highest BCUT2D eigenvalue weighted by molar-refractivity contribution is 7.99. The lowest BCUT2D eigenvalue weighted by Gasteiger charge is -2.22. The topological polar surface area (TPSA) is 56.3 Å². The maximum atomic E-state index is 12.2. The molecular formula is C35H34ClNO3S. The predicted molar refractivity (Wildman–Crippen MR) is 170 cm³/mol. The van der Waals surface area contributed by atoms with Crippen LogP contribution in [0.15, 0.2) is 78.9 Å². The summed E-state index contributed by atoms with van der Waals surface area (Å²) in [6.45, 7) is 1.63. The Kier molecular flexibility index (Phi) is 9.26. The molecule has 0 amide bonds. The molecule has 1 unspecified atom stereocenters. The summed E-state index contributed by atoms with van der Waals surface area (Å²) in [6, 6.07) is 26.3. The third kappa shape index (κ3) is 7.66. The molecule has 1 fully saturated rings. The number of ether oxygens (including phenoxy) is 1. The van der Waals surface area contributed by atoms with E-state index in [1.165, 1.54) is 12.7 Å². The van der Waals surface area contributed by atoms with Crippen molar-refractivity contribution in [3.63, 3.8) is 0 Å². The van der Waals surface area contributed by atoms with E-state index in [1.54, 1.807) is 6.92 Å². The van der Waals surface area contributed by atoms with Gasteiger partial charge >= 0.3 is 5.97 Å². The Bertz CT molecular complexity index is 1590. The maximum Gasteiger partial charge on any atom is 0.306 e. The summed E-state index contributed by atoms with van der Waals surface area (Å²) in [4.78, 5) is 29.0. The number of Topliss-reactive ketones (excluding diaryl/α,β-unsaturated/α-hetero) is 1. The second-order valence-electron chi connectivity index (χ2n) is 10.9. The number of carbonyl (C=O) groups is 2. The number of hydrogen-bond acceptors (Lipinski definition) is 5. The van der Waals surface area contributed by atoms with Crippen LogP contribution in [-0.4, -0.2) is 29.6 Å². The number of aryl methyl sites for hydroxylation is 1. The minimum absolute atomic E-state index is 0.0372. The molecule has 5 rings (SSSR count). The molecule has 1 aliphatic rings. The van der Waals surface area contributed by atoms with E-state index in [9.17, 15) is 9.59 Å². The van der Waals surface area contributed by atoms with Crippen molar-refractivity contribution in [1.82, 2.24) is 4.98 Å². The van der Waals surface area contributed by atoms with Crippen molar-refractivity contribution < 1.29 is 14.3 Å². The van der Waals surface area contributed by atoms with E-state index in [-0.39, 0.29) is 22.4 Å². The van der Waals surface area contributed by atoms with Crippen LogP contribution in [0.5, 0.6) is 0 Å². The standard InChI is InChI=1S/C35H34ClNO3S/c1-24(38)31-9-4-3-7-26(31)13-17-33(41-23-35(18-19-35)22-34(39)40-2)28-8-5-6-25(20-28)10-15-30-16-12-27-11-14-29(36)21-32(27)37-30/h3-12,14-16,20-21,33H,13,17-19,22-23H2,1-2H3. The van der Waals surface area contributed by atoms with Crippen LogP contribution in [0, 0.1) is 5.41 Å². The zero-order valence-electron chi connectivity index (χ0n) is 23.4. The van der Waals surface area contributed by atoms with Gasteiger partial charge in [-0.1, -0.05) is 78.3 Å². The second kappa shape index (κ2) is 13.1. The number of nitrogens with zero attached hydrogens (tertiary/aromatic N) is 1. The van der Waals surface area contributed by atoms with Crippen molar-refractivity contribution in [3.05, 3.63) is 112 Å². The van der Waals surface area contributed by atoms with Crippen LogP contribution in [0.2, 0.25) is 5.02 Å². The fourth-order valence-corrected chi connectivity index (χ4v) is 6.90. The number of pyridine rings is 1. The van der Waals surface area contributed by atoms with Crippen LogP contribution in [0.1, 0.15) is 70.6 Å². The first kappa shape index (κ1) is 29.1. The Hall–Kier alpha value is -3.41. The Morgan fingerprint density at radius 1 is 1.02 bits per heavy atom. The van der Waals surface area contributed by atoms with Gasteiger partial charge in [-0.15, -0.1) is 0 Å². The van der Waals surface area contributed by atoms with Gasteiger partial charge in [0.15, 0.2) is 5.78 Å². The number of carbonyl (C=O) groups excluding carboxylic acids is 2. The Morgan fingerprint density at radius 3 is 2.61 bits per heavy atom. The fraction of sp³-hybridized carbons (Fsp3) is 0.286. The first-order valence-electron chi connectivity index (χ1n) is 14.0. The molecule has 4 nitrogen and oxygen atoms in total. The van der Waals surface area contributed by atoms with Crippen molar-refractivity contribution in [1.29, 1.82) is 0 Å². The molecule has 0 aliphatic heterocycles. The number of fused-ring (bicyclic) bond motifs is 1. The van der Waals surface area contributed by atoms with Crippen LogP contribution in [0.3, 0.4) is 0 Å². The number of halogens is 1. The number of esters is 1. The molecule has 0 radical (unpaired) electrons. The smallest absolute Gasteiger partial charge is 0.306 e. The Labute approximate surface area is 251 Å². The zero-order valence-corrected chi connectivity index (χ0v) is 25.0. The van der Waals surface area contributed by atoms with Gasteiger partial charge in [-0.2, -0.15) is 11.8 Å². The summed E-state index contributed by atoms with van der Waals surface area (Å²) in [6.07, 6.45) is 8.41. The number of ketones is 1. The van der Waals surface area contributed by atoms with Crippen LogP contribution < -0.4 is 0 Å². The summed E-state index contributed by atoms with van der Waals surface area (Å²) in [7, 11) is 1.46. The predicted octanol–water partition coefficient (Wildman–Crippen LogP) is 9.01. The first-order chi connectivity index (χ1) is 19.8. The molecule has 0 N–H and O–H groups in total. The minimum atomic E-state index is -0.133. The van der Waals surface area contributed by atoms with E-state index in [1.807, 2.05) is 60.3 Å². The lowest BCUT2D eigenvalue weighted by molar-refractivity contribution is -0.141. The average molecular weight is 584 g/mol. The van der Waals surface area contributed by atoms with Gasteiger partial charge in [0.25, 0.3) is 0 Å². The SMILES string of the molecule is COC(=O)CC1(CSC(CCc2ccccc2C(C)=O)c2cccc(C=Cc3ccc4ccc(Cl)cc4n3)c2)CC1. The molecule has 1 aliphatic carbocycles. The highest BCUT2D eigenvalue weighted by Crippen LogP contribution is 2.53. The summed E-state index contributed by atoms with van der Waals surface area (Å²) in [5, 5.41) is 1.95. The molecule has 1 saturated carbocycles. The van der Waals surface area contributed by atoms with E-state index in [0.29, 0.717) is 11.4 Å². The van der Waals surface area contributed by atoms with Crippen LogP contribution in [0.4, 0.5) is 0 Å². The second-order valence-corrected chi connectivity index (χ2v) is 12.5. The quantitative estimate of drug-likeness (QED) is 0.123. The van der Waals surface area contributed by atoms with Crippen molar-refractivity contribution in [2.24, 2.45) is 5.41 Å². The van der Waals surface area contributed by atoms with E-state index >= 15 is 0 Å². The molecule has 0 saturated heterocycles. The van der Waals surface area contributed by atoms with Gasteiger partial charge in [-0.3, -0.25) is 9.59 Å². The van der Waals surface area contributed by atoms with Crippen LogP contribution in [-0.2, 0) is 16.0 Å². The lowest BCUT2D eigenvalue weighted by Crippen LogP contribution is -2.14. The van der Waals surface area contributed by atoms with Gasteiger partial charge < -0.3 is 4.74 Å². The lowest BCUT2D eigenvalue weighted by atomic mass is 9.97. The molecule has 210 valence electrons. The van der Waals surface area contributed by atoms with E-state index in [4.69, 9.17) is 21.3 Å². The minimum Gasteiger partial charge on any atom is -0.469 e. The zero-order chi connectivity index (χ0) is 28.8. The Balaban J connectivity index is 1.36.